The van der Waals surface area contributed by atoms with E-state index < -0.39 is 26.0 Å². The lowest BCUT2D eigenvalue weighted by Gasteiger charge is -2.42. The minimum atomic E-state index is -4.43. The van der Waals surface area contributed by atoms with E-state index in [1.165, 1.54) is 24.3 Å². The number of sulfonamides is 1. The minimum absolute atomic E-state index is 0.0893. The summed E-state index contributed by atoms with van der Waals surface area (Å²) in [6.07, 6.45) is 0. The first kappa shape index (κ1) is 27.3. The SMILES string of the molecule is CCOP(=O)(OCC)C(NS(=O)(=O)c1ccccc1)(Sc1ccc(Cl)cc1)C(Cl)(Cl)Cl. The molecule has 1 N–H and O–H groups in total. The maximum Gasteiger partial charge on any atom is 0.366 e. The van der Waals surface area contributed by atoms with Crippen LogP contribution in [-0.2, 0) is 23.6 Å². The van der Waals surface area contributed by atoms with Gasteiger partial charge in [0.2, 0.25) is 18.4 Å². The molecule has 1 atom stereocenters. The second kappa shape index (κ2) is 11.0. The summed E-state index contributed by atoms with van der Waals surface area (Å²) < 4.78 is 48.8. The molecule has 2 rings (SSSR count). The molecule has 2 aromatic rings. The quantitative estimate of drug-likeness (QED) is 0.149. The molecule has 0 spiro atoms. The van der Waals surface area contributed by atoms with Crippen molar-refractivity contribution in [2.45, 2.75) is 32.0 Å². The molecule has 0 radical (unpaired) electrons. The summed E-state index contributed by atoms with van der Waals surface area (Å²) in [4.78, 5) is 0.288. The number of halogens is 4. The van der Waals surface area contributed by atoms with E-state index >= 15 is 0 Å². The van der Waals surface area contributed by atoms with Crippen LogP contribution in [0.5, 0.6) is 0 Å². The maximum atomic E-state index is 14.0. The van der Waals surface area contributed by atoms with Crippen LogP contribution in [0.2, 0.25) is 5.02 Å². The summed E-state index contributed by atoms with van der Waals surface area (Å²) in [7, 11) is -8.76. The van der Waals surface area contributed by atoms with Gasteiger partial charge in [0.05, 0.1) is 18.1 Å². The van der Waals surface area contributed by atoms with E-state index in [-0.39, 0.29) is 18.1 Å². The lowest BCUT2D eigenvalue weighted by Crippen LogP contribution is -2.55. The van der Waals surface area contributed by atoms with Crippen molar-refractivity contribution in [2.24, 2.45) is 0 Å². The van der Waals surface area contributed by atoms with Crippen LogP contribution in [-0.4, -0.2) is 30.0 Å². The van der Waals surface area contributed by atoms with E-state index in [4.69, 9.17) is 55.5 Å². The Morgan fingerprint density at radius 3 is 1.94 bits per heavy atom. The highest BCUT2D eigenvalue weighted by Crippen LogP contribution is 2.72. The Morgan fingerprint density at radius 1 is 0.968 bits per heavy atom. The van der Waals surface area contributed by atoms with Gasteiger partial charge in [0.15, 0.2) is 0 Å². The molecule has 0 amide bonds. The molecule has 6 nitrogen and oxygen atoms in total. The van der Waals surface area contributed by atoms with Crippen molar-refractivity contribution < 1.29 is 22.0 Å². The van der Waals surface area contributed by atoms with Gasteiger partial charge < -0.3 is 9.05 Å². The highest BCUT2D eigenvalue weighted by atomic mass is 35.6. The predicted molar refractivity (Wildman–Crippen MR) is 128 cm³/mol. The summed E-state index contributed by atoms with van der Waals surface area (Å²) >= 11 is 25.6. The molecule has 172 valence electrons. The Labute approximate surface area is 206 Å². The molecule has 13 heteroatoms. The van der Waals surface area contributed by atoms with Crippen LogP contribution >= 0.6 is 65.8 Å². The summed E-state index contributed by atoms with van der Waals surface area (Å²) in [5, 5.41) is 0.437. The van der Waals surface area contributed by atoms with Gasteiger partial charge in [-0.3, -0.25) is 4.57 Å². The van der Waals surface area contributed by atoms with Crippen LogP contribution in [0.15, 0.2) is 64.4 Å². The van der Waals surface area contributed by atoms with Crippen LogP contribution in [0.4, 0.5) is 0 Å². The number of nitrogens with one attached hydrogen (secondary N) is 1. The molecule has 0 saturated carbocycles. The third-order valence-corrected chi connectivity index (χ3v) is 11.9. The normalized spacial score (nSPS) is 14.9. The van der Waals surface area contributed by atoms with E-state index in [0.717, 1.165) is 0 Å². The van der Waals surface area contributed by atoms with Gasteiger partial charge in [0.1, 0.15) is 0 Å². The number of hydrogen-bond acceptors (Lipinski definition) is 6. The first-order valence-electron chi connectivity index (χ1n) is 8.90. The fourth-order valence-corrected chi connectivity index (χ4v) is 9.88. The first-order valence-corrected chi connectivity index (χ1v) is 14.3. The standard InChI is InChI=1S/C18H20Cl4NO5PS2/c1-3-27-29(24,28-4-2)18(17(20,21)22,30-15-12-10-14(19)11-13-15)23-31(25,26)16-8-6-5-7-9-16/h5-13,23H,3-4H2,1-2H3. The molecule has 0 bridgehead atoms. The molecule has 0 heterocycles. The van der Waals surface area contributed by atoms with Gasteiger partial charge in [0.25, 0.3) is 0 Å². The lowest BCUT2D eigenvalue weighted by atomic mass is 10.4. The Kier molecular flexibility index (Phi) is 9.63. The Balaban J connectivity index is 2.75. The summed E-state index contributed by atoms with van der Waals surface area (Å²) in [6.45, 7) is 2.95. The second-order valence-electron chi connectivity index (χ2n) is 5.95. The van der Waals surface area contributed by atoms with Gasteiger partial charge in [-0.15, -0.1) is 0 Å². The minimum Gasteiger partial charge on any atom is -0.307 e. The van der Waals surface area contributed by atoms with Crippen molar-refractivity contribution in [1.82, 2.24) is 4.72 Å². The molecule has 0 aliphatic rings. The molecule has 31 heavy (non-hydrogen) atoms. The molecule has 0 saturated heterocycles. The fourth-order valence-electron chi connectivity index (χ4n) is 2.48. The zero-order valence-electron chi connectivity index (χ0n) is 16.4. The van der Waals surface area contributed by atoms with Gasteiger partial charge in [0, 0.05) is 9.92 Å². The van der Waals surface area contributed by atoms with Crippen LogP contribution in [0.25, 0.3) is 0 Å². The van der Waals surface area contributed by atoms with Crippen molar-refractivity contribution in [2.75, 3.05) is 13.2 Å². The summed E-state index contributed by atoms with van der Waals surface area (Å²) in [5.74, 6) is 0. The van der Waals surface area contributed by atoms with Crippen molar-refractivity contribution >= 4 is 75.8 Å². The van der Waals surface area contributed by atoms with Crippen LogP contribution in [0.3, 0.4) is 0 Å². The molecular formula is C18H20Cl4NO5PS2. The van der Waals surface area contributed by atoms with Gasteiger partial charge in [-0.1, -0.05) is 76.4 Å². The predicted octanol–water partition coefficient (Wildman–Crippen LogP) is 6.70. The van der Waals surface area contributed by atoms with E-state index in [9.17, 15) is 13.0 Å². The molecule has 2 aromatic carbocycles. The van der Waals surface area contributed by atoms with E-state index in [2.05, 4.69) is 4.72 Å². The van der Waals surface area contributed by atoms with Crippen LogP contribution < -0.4 is 4.72 Å². The highest BCUT2D eigenvalue weighted by molar-refractivity contribution is 8.07. The molecule has 0 aliphatic heterocycles. The average Bonchev–Trinajstić information content (AvgIpc) is 2.69. The van der Waals surface area contributed by atoms with Crippen molar-refractivity contribution in [3.63, 3.8) is 0 Å². The van der Waals surface area contributed by atoms with Crippen molar-refractivity contribution in [3.05, 3.63) is 59.6 Å². The monoisotopic (exact) mass is 565 g/mol. The summed E-state index contributed by atoms with van der Waals surface area (Å²) in [6, 6.07) is 13.7. The zero-order chi connectivity index (χ0) is 23.3. The number of benzene rings is 2. The third kappa shape index (κ3) is 6.33. The number of hydrogen-bond donors (Lipinski definition) is 1. The van der Waals surface area contributed by atoms with E-state index in [0.29, 0.717) is 21.7 Å². The van der Waals surface area contributed by atoms with Gasteiger partial charge in [-0.05, 0) is 50.2 Å². The topological polar surface area (TPSA) is 81.7 Å². The third-order valence-electron chi connectivity index (χ3n) is 3.77. The fraction of sp³-hybridized carbons (Fsp3) is 0.333. The Hall–Kier alpha value is 0.01000. The molecular weight excluding hydrogens is 547 g/mol. The van der Waals surface area contributed by atoms with E-state index in [1.807, 2.05) is 0 Å². The molecule has 0 aromatic heterocycles. The van der Waals surface area contributed by atoms with Crippen molar-refractivity contribution in [3.8, 4) is 0 Å². The maximum absolute atomic E-state index is 14.0. The first-order chi connectivity index (χ1) is 14.4. The van der Waals surface area contributed by atoms with Gasteiger partial charge in [-0.2, -0.15) is 4.72 Å². The molecule has 1 unspecified atom stereocenters. The number of rotatable bonds is 10. The molecule has 0 aliphatic carbocycles. The second-order valence-corrected chi connectivity index (χ2v) is 14.1. The van der Waals surface area contributed by atoms with Gasteiger partial charge in [-0.25, -0.2) is 8.42 Å². The Morgan fingerprint density at radius 2 is 1.48 bits per heavy atom. The Bertz CT molecular complexity index is 1010. The zero-order valence-corrected chi connectivity index (χ0v) is 22.0. The summed E-state index contributed by atoms with van der Waals surface area (Å²) in [5.41, 5.74) is 0. The highest BCUT2D eigenvalue weighted by Gasteiger charge is 2.66. The van der Waals surface area contributed by atoms with Crippen LogP contribution in [0.1, 0.15) is 13.8 Å². The number of thioether (sulfide) groups is 1. The smallest absolute Gasteiger partial charge is 0.307 e. The van der Waals surface area contributed by atoms with Gasteiger partial charge >= 0.3 is 7.60 Å². The van der Waals surface area contributed by atoms with Crippen molar-refractivity contribution in [1.29, 1.82) is 0 Å². The average molecular weight is 567 g/mol. The largest absolute Gasteiger partial charge is 0.366 e. The van der Waals surface area contributed by atoms with E-state index in [1.54, 1.807) is 44.2 Å². The van der Waals surface area contributed by atoms with Crippen LogP contribution in [0, 0.1) is 0 Å². The number of alkyl halides is 3. The lowest BCUT2D eigenvalue weighted by molar-refractivity contribution is 0.206. The molecule has 0 fully saturated rings.